The van der Waals surface area contributed by atoms with Gasteiger partial charge in [0.15, 0.2) is 0 Å². The van der Waals surface area contributed by atoms with Crippen molar-refractivity contribution in [2.45, 2.75) is 13.0 Å². The molecule has 2 aromatic carbocycles. The van der Waals surface area contributed by atoms with Crippen molar-refractivity contribution in [1.82, 2.24) is 10.2 Å². The lowest BCUT2D eigenvalue weighted by Crippen LogP contribution is -2.41. The smallest absolute Gasteiger partial charge is 0.317 e. The molecule has 3 rings (SSSR count). The maximum Gasteiger partial charge on any atom is 0.317 e. The molecule has 130 valence electrons. The van der Waals surface area contributed by atoms with E-state index in [2.05, 4.69) is 5.32 Å². The fourth-order valence-corrected chi connectivity index (χ4v) is 3.20. The molecule has 1 aliphatic rings. The van der Waals surface area contributed by atoms with Crippen LogP contribution < -0.4 is 5.32 Å². The summed E-state index contributed by atoms with van der Waals surface area (Å²) in [5, 5.41) is 3.97. The number of amides is 2. The van der Waals surface area contributed by atoms with E-state index in [4.69, 9.17) is 23.2 Å². The molecule has 2 aromatic rings. The number of carbonyl (C=O) groups excluding carboxylic acids is 1. The average molecular weight is 379 g/mol. The zero-order chi connectivity index (χ0) is 17.8. The number of carbonyl (C=O) groups is 1. The molecule has 25 heavy (non-hydrogen) atoms. The third kappa shape index (κ3) is 4.53. The van der Waals surface area contributed by atoms with Gasteiger partial charge in [0, 0.05) is 29.7 Å². The van der Waals surface area contributed by atoms with Crippen molar-refractivity contribution in [2.75, 3.05) is 13.1 Å². The van der Waals surface area contributed by atoms with Crippen LogP contribution in [0.1, 0.15) is 17.5 Å². The second-order valence-electron chi connectivity index (χ2n) is 5.83. The summed E-state index contributed by atoms with van der Waals surface area (Å²) in [7, 11) is 0. The Balaban J connectivity index is 1.56. The van der Waals surface area contributed by atoms with Crippen LogP contribution in [0.2, 0.25) is 10.0 Å². The Morgan fingerprint density at radius 1 is 1.16 bits per heavy atom. The van der Waals surface area contributed by atoms with E-state index in [1.54, 1.807) is 35.2 Å². The van der Waals surface area contributed by atoms with E-state index in [0.29, 0.717) is 29.7 Å². The fraction of sp³-hybridized carbons (Fsp3) is 0.211. The zero-order valence-electron chi connectivity index (χ0n) is 13.4. The standard InChI is InChI=1S/C19H17Cl2FN2O/c20-16-4-1-15(18(21)11-16)12-23-19(25)24-9-7-14(8-10-24)13-2-5-17(22)6-3-13/h1-7,11H,8-10,12H2,(H,23,25). The second kappa shape index (κ2) is 7.89. The maximum absolute atomic E-state index is 13.0. The fourth-order valence-electron chi connectivity index (χ4n) is 2.73. The molecule has 1 aliphatic heterocycles. The number of hydrogen-bond donors (Lipinski definition) is 1. The molecule has 0 fully saturated rings. The molecule has 0 bridgehead atoms. The van der Waals surface area contributed by atoms with E-state index in [0.717, 1.165) is 23.1 Å². The largest absolute Gasteiger partial charge is 0.334 e. The van der Waals surface area contributed by atoms with Crippen LogP contribution in [0.25, 0.3) is 5.57 Å². The summed E-state index contributed by atoms with van der Waals surface area (Å²) >= 11 is 12.0. The Labute approximate surface area is 156 Å². The molecule has 0 saturated heterocycles. The first-order valence-electron chi connectivity index (χ1n) is 7.94. The number of halogens is 3. The van der Waals surface area contributed by atoms with Crippen molar-refractivity contribution in [2.24, 2.45) is 0 Å². The van der Waals surface area contributed by atoms with Crippen LogP contribution in [0.4, 0.5) is 9.18 Å². The number of nitrogens with zero attached hydrogens (tertiary/aromatic N) is 1. The summed E-state index contributed by atoms with van der Waals surface area (Å²) in [6.07, 6.45) is 2.74. The molecule has 0 saturated carbocycles. The van der Waals surface area contributed by atoms with Crippen molar-refractivity contribution in [3.05, 3.63) is 75.5 Å². The highest BCUT2D eigenvalue weighted by molar-refractivity contribution is 6.35. The van der Waals surface area contributed by atoms with E-state index in [1.165, 1.54) is 12.1 Å². The molecule has 2 amide bonds. The Kier molecular flexibility index (Phi) is 5.61. The summed E-state index contributed by atoms with van der Waals surface area (Å²) in [6.45, 7) is 1.48. The molecule has 0 aromatic heterocycles. The SMILES string of the molecule is O=C(NCc1ccc(Cl)cc1Cl)N1CC=C(c2ccc(F)cc2)CC1. The first kappa shape index (κ1) is 17.8. The molecule has 1 N–H and O–H groups in total. The predicted molar refractivity (Wildman–Crippen MR) is 99.3 cm³/mol. The van der Waals surface area contributed by atoms with Gasteiger partial charge in [0.2, 0.25) is 0 Å². The number of benzene rings is 2. The van der Waals surface area contributed by atoms with Crippen molar-refractivity contribution in [3.8, 4) is 0 Å². The second-order valence-corrected chi connectivity index (χ2v) is 6.67. The molecule has 6 heteroatoms. The van der Waals surface area contributed by atoms with Gasteiger partial charge in [0.1, 0.15) is 5.82 Å². The maximum atomic E-state index is 13.0. The molecule has 1 heterocycles. The van der Waals surface area contributed by atoms with Crippen LogP contribution >= 0.6 is 23.2 Å². The van der Waals surface area contributed by atoms with Gasteiger partial charge >= 0.3 is 6.03 Å². The summed E-state index contributed by atoms with van der Waals surface area (Å²) < 4.78 is 13.0. The van der Waals surface area contributed by atoms with Crippen molar-refractivity contribution < 1.29 is 9.18 Å². The lowest BCUT2D eigenvalue weighted by molar-refractivity contribution is 0.202. The quantitative estimate of drug-likeness (QED) is 0.788. The lowest BCUT2D eigenvalue weighted by atomic mass is 10.00. The summed E-state index contributed by atoms with van der Waals surface area (Å²) in [6, 6.07) is 11.5. The molecular formula is C19H17Cl2FN2O. The number of nitrogens with one attached hydrogen (secondary N) is 1. The Morgan fingerprint density at radius 2 is 1.92 bits per heavy atom. The Morgan fingerprint density at radius 3 is 2.56 bits per heavy atom. The van der Waals surface area contributed by atoms with Crippen LogP contribution in [0, 0.1) is 5.82 Å². The molecule has 0 unspecified atom stereocenters. The number of urea groups is 1. The van der Waals surface area contributed by atoms with Gasteiger partial charge in [0.05, 0.1) is 0 Å². The third-order valence-electron chi connectivity index (χ3n) is 4.16. The highest BCUT2D eigenvalue weighted by Gasteiger charge is 2.18. The number of rotatable bonds is 3. The first-order valence-corrected chi connectivity index (χ1v) is 8.70. The summed E-state index contributed by atoms with van der Waals surface area (Å²) in [4.78, 5) is 14.0. The van der Waals surface area contributed by atoms with E-state index >= 15 is 0 Å². The van der Waals surface area contributed by atoms with E-state index < -0.39 is 0 Å². The molecule has 0 atom stereocenters. The Bertz CT molecular complexity index is 806. The normalized spacial score (nSPS) is 14.2. The van der Waals surface area contributed by atoms with Gasteiger partial charge in [-0.15, -0.1) is 0 Å². The van der Waals surface area contributed by atoms with Gasteiger partial charge < -0.3 is 10.2 Å². The van der Waals surface area contributed by atoms with E-state index in [1.807, 2.05) is 6.08 Å². The van der Waals surface area contributed by atoms with Crippen LogP contribution in [-0.4, -0.2) is 24.0 Å². The highest BCUT2D eigenvalue weighted by Crippen LogP contribution is 2.23. The van der Waals surface area contributed by atoms with Gasteiger partial charge in [-0.1, -0.05) is 47.5 Å². The monoisotopic (exact) mass is 378 g/mol. The van der Waals surface area contributed by atoms with E-state index in [-0.39, 0.29) is 11.8 Å². The van der Waals surface area contributed by atoms with Gasteiger partial charge in [-0.3, -0.25) is 0 Å². The van der Waals surface area contributed by atoms with Crippen molar-refractivity contribution in [3.63, 3.8) is 0 Å². The lowest BCUT2D eigenvalue weighted by Gasteiger charge is -2.27. The minimum Gasteiger partial charge on any atom is -0.334 e. The first-order chi connectivity index (χ1) is 12.0. The summed E-state index contributed by atoms with van der Waals surface area (Å²) in [5.74, 6) is -0.248. The van der Waals surface area contributed by atoms with Gasteiger partial charge in [-0.25, -0.2) is 9.18 Å². The molecule has 3 nitrogen and oxygen atoms in total. The zero-order valence-corrected chi connectivity index (χ0v) is 14.9. The molecular weight excluding hydrogens is 362 g/mol. The summed E-state index contributed by atoms with van der Waals surface area (Å²) in [5.41, 5.74) is 2.94. The molecule has 0 spiro atoms. The van der Waals surface area contributed by atoms with Gasteiger partial charge in [-0.2, -0.15) is 0 Å². The van der Waals surface area contributed by atoms with Gasteiger partial charge in [-0.05, 0) is 47.4 Å². The van der Waals surface area contributed by atoms with Crippen LogP contribution in [0.3, 0.4) is 0 Å². The molecule has 0 radical (unpaired) electrons. The van der Waals surface area contributed by atoms with Gasteiger partial charge in [0.25, 0.3) is 0 Å². The minimum absolute atomic E-state index is 0.138. The van der Waals surface area contributed by atoms with Crippen molar-refractivity contribution >= 4 is 34.8 Å². The number of hydrogen-bond acceptors (Lipinski definition) is 1. The topological polar surface area (TPSA) is 32.3 Å². The van der Waals surface area contributed by atoms with E-state index in [9.17, 15) is 9.18 Å². The predicted octanol–water partition coefficient (Wildman–Crippen LogP) is 5.13. The highest BCUT2D eigenvalue weighted by atomic mass is 35.5. The average Bonchev–Trinajstić information content (AvgIpc) is 2.61. The van der Waals surface area contributed by atoms with Crippen LogP contribution in [-0.2, 0) is 6.54 Å². The Hall–Kier alpha value is -2.04. The molecule has 0 aliphatic carbocycles. The van der Waals surface area contributed by atoms with Crippen molar-refractivity contribution in [1.29, 1.82) is 0 Å². The van der Waals surface area contributed by atoms with Crippen LogP contribution in [0.5, 0.6) is 0 Å². The third-order valence-corrected chi connectivity index (χ3v) is 4.74. The van der Waals surface area contributed by atoms with Crippen LogP contribution in [0.15, 0.2) is 48.5 Å². The minimum atomic E-state index is -0.248.